The highest BCUT2D eigenvalue weighted by atomic mass is 32.1. The van der Waals surface area contributed by atoms with Gasteiger partial charge in [0.05, 0.1) is 28.1 Å². The van der Waals surface area contributed by atoms with Crippen molar-refractivity contribution in [1.82, 2.24) is 29.9 Å². The predicted octanol–water partition coefficient (Wildman–Crippen LogP) is 28.5. The van der Waals surface area contributed by atoms with Gasteiger partial charge in [0.15, 0.2) is 11.6 Å². The quantitative estimate of drug-likeness (QED) is 0.166. The SMILES string of the molecule is CC1(C)c2cc(-c3cccc(-c4cccc5ccccc45)n3)ccc2-c2cc3oc4ccccc4c3cc21.CC1(C)c2ccccc2-c2ccc3c(oc4ccc(-c5nc(-c6ncc7ccccc7n6)c6c(n5)sc5ccccc56)cc43)c21.Cc1cc2ccccc2nc1-c1ccc2c(c1)oc1cc3c(cc12)C(C)(C)c1ccccc1-3. The van der Waals surface area contributed by atoms with E-state index in [1.807, 2.05) is 48.7 Å². The van der Waals surface area contributed by atoms with E-state index >= 15 is 0 Å². The molecule has 22 aromatic rings. The number of nitrogens with zero attached hydrogens (tertiary/aromatic N) is 6. The van der Waals surface area contributed by atoms with Crippen LogP contribution in [0.2, 0.25) is 0 Å². The van der Waals surface area contributed by atoms with Crippen LogP contribution in [0.5, 0.6) is 0 Å². The van der Waals surface area contributed by atoms with E-state index in [9.17, 15) is 0 Å². The fourth-order valence-corrected chi connectivity index (χ4v) is 20.2. The zero-order valence-corrected chi connectivity index (χ0v) is 65.6. The van der Waals surface area contributed by atoms with Crippen LogP contribution in [0, 0.1) is 6.92 Å². The topological polar surface area (TPSA) is 117 Å². The number of benzene rings is 14. The molecule has 0 aliphatic heterocycles. The van der Waals surface area contributed by atoms with Crippen molar-refractivity contribution in [1.29, 1.82) is 0 Å². The van der Waals surface area contributed by atoms with Gasteiger partial charge in [-0.2, -0.15) is 0 Å². The predicted molar refractivity (Wildman–Crippen MR) is 478 cm³/mol. The van der Waals surface area contributed by atoms with Crippen molar-refractivity contribution >= 4 is 130 Å². The molecule has 0 N–H and O–H groups in total. The van der Waals surface area contributed by atoms with Crippen molar-refractivity contribution in [3.63, 3.8) is 0 Å². The zero-order chi connectivity index (χ0) is 77.6. The van der Waals surface area contributed by atoms with Gasteiger partial charge in [-0.25, -0.2) is 29.9 Å². The number of pyridine rings is 2. The van der Waals surface area contributed by atoms with Gasteiger partial charge in [0.25, 0.3) is 0 Å². The molecule has 0 saturated carbocycles. The smallest absolute Gasteiger partial charge is 0.179 e. The molecule has 10 heteroatoms. The largest absolute Gasteiger partial charge is 0.456 e. The number of aryl methyl sites for hydroxylation is 1. The monoisotopic (exact) mass is 1510 g/mol. The normalized spacial score (nSPS) is 13.9. The van der Waals surface area contributed by atoms with E-state index in [1.54, 1.807) is 11.3 Å². The summed E-state index contributed by atoms with van der Waals surface area (Å²) in [5, 5.41) is 13.6. The van der Waals surface area contributed by atoms with Crippen LogP contribution < -0.4 is 0 Å². The third kappa shape index (κ3) is 10.3. The summed E-state index contributed by atoms with van der Waals surface area (Å²) in [5.41, 5.74) is 32.1. The Hall–Kier alpha value is -14.1. The van der Waals surface area contributed by atoms with Crippen LogP contribution in [0.15, 0.2) is 323 Å². The second kappa shape index (κ2) is 25.2. The molecule has 0 unspecified atom stereocenters. The molecule has 0 fully saturated rings. The number of para-hydroxylation sites is 3. The van der Waals surface area contributed by atoms with Crippen molar-refractivity contribution < 1.29 is 13.3 Å². The Labute approximate surface area is 671 Å². The van der Waals surface area contributed by atoms with Crippen molar-refractivity contribution in [3.8, 4) is 90.1 Å². The van der Waals surface area contributed by atoms with E-state index in [0.717, 1.165) is 131 Å². The van der Waals surface area contributed by atoms with Gasteiger partial charge in [0.1, 0.15) is 44.0 Å². The molecule has 3 aliphatic rings. The minimum atomic E-state index is -0.160. The lowest BCUT2D eigenvalue weighted by Crippen LogP contribution is -2.15. The molecule has 14 aromatic carbocycles. The Morgan fingerprint density at radius 2 is 0.845 bits per heavy atom. The van der Waals surface area contributed by atoms with E-state index in [0.29, 0.717) is 11.6 Å². The van der Waals surface area contributed by atoms with E-state index < -0.39 is 0 Å². The number of furan rings is 3. The van der Waals surface area contributed by atoms with Gasteiger partial charge in [0.2, 0.25) is 0 Å². The summed E-state index contributed by atoms with van der Waals surface area (Å²) in [4.78, 5) is 31.1. The molecular formula is C106H72N6O3S. The zero-order valence-electron chi connectivity index (χ0n) is 64.8. The summed E-state index contributed by atoms with van der Waals surface area (Å²) >= 11 is 1.67. The van der Waals surface area contributed by atoms with Gasteiger partial charge in [-0.05, 0) is 194 Å². The first-order valence-corrected chi connectivity index (χ1v) is 40.5. The molecule has 550 valence electrons. The number of hydrogen-bond acceptors (Lipinski definition) is 10. The molecule has 8 heterocycles. The van der Waals surface area contributed by atoms with Crippen LogP contribution in [0.4, 0.5) is 0 Å². The average Bonchev–Trinajstić information content (AvgIpc) is 1.56. The summed E-state index contributed by atoms with van der Waals surface area (Å²) in [6.07, 6.45) is 1.88. The van der Waals surface area contributed by atoms with Crippen molar-refractivity contribution in [2.45, 2.75) is 64.7 Å². The van der Waals surface area contributed by atoms with Crippen molar-refractivity contribution in [2.75, 3.05) is 0 Å². The number of fused-ring (bicyclic) bond motifs is 25. The molecule has 25 rings (SSSR count). The Morgan fingerprint density at radius 3 is 1.65 bits per heavy atom. The van der Waals surface area contributed by atoms with Crippen LogP contribution in [-0.2, 0) is 16.2 Å². The minimum Gasteiger partial charge on any atom is -0.456 e. The van der Waals surface area contributed by atoms with Crippen LogP contribution in [0.3, 0.4) is 0 Å². The number of thiophene rings is 1. The third-order valence-corrected chi connectivity index (χ3v) is 26.1. The Kier molecular flexibility index (Phi) is 14.7. The van der Waals surface area contributed by atoms with Gasteiger partial charge < -0.3 is 13.3 Å². The standard InChI is InChI=1S/C39H24N4OS.C36H25NO.C31H23NO/c1-39(2)28-12-6-4-10-23(28)24-16-17-25-27-19-21(15-18-30(27)44-35(25)33(24)39)36-42-34(37-40-20-22-9-3-7-13-29(22)41-37)32-26-11-5-8-14-31(26)45-38(32)43-36;1-36(2)30-19-23(32-14-8-15-33(37-32)26-13-7-10-22-9-3-4-11-24(22)26)17-18-25(30)28-21-35-29(20-31(28)36)27-12-5-6-16-34(27)38-35;1-18-14-19-8-4-7-11-27(19)32-30(18)20-12-13-22-24-16-26-23(17-29(24)33-28(22)15-20)21-9-5-6-10-25(21)31(26,2)3/h3-20H,1-2H3;3-21H,1-2H3;4-17H,1-3H3. The van der Waals surface area contributed by atoms with E-state index in [2.05, 4.69) is 309 Å². The Morgan fingerprint density at radius 1 is 0.293 bits per heavy atom. The summed E-state index contributed by atoms with van der Waals surface area (Å²) in [6, 6.07) is 107. The second-order valence-electron chi connectivity index (χ2n) is 32.8. The molecule has 0 atom stereocenters. The van der Waals surface area contributed by atoms with E-state index in [4.69, 9.17) is 43.2 Å². The lowest BCUT2D eigenvalue weighted by Gasteiger charge is -2.22. The molecule has 0 amide bonds. The molecule has 9 nitrogen and oxygen atoms in total. The van der Waals surface area contributed by atoms with Crippen LogP contribution >= 0.6 is 11.3 Å². The highest BCUT2D eigenvalue weighted by molar-refractivity contribution is 7.25. The maximum absolute atomic E-state index is 6.64. The molecule has 8 aromatic heterocycles. The van der Waals surface area contributed by atoms with Crippen LogP contribution in [-0.4, -0.2) is 29.9 Å². The molecule has 0 bridgehead atoms. The van der Waals surface area contributed by atoms with Gasteiger partial charge >= 0.3 is 0 Å². The first-order valence-electron chi connectivity index (χ1n) is 39.7. The third-order valence-electron chi connectivity index (χ3n) is 25.0. The molecule has 116 heavy (non-hydrogen) atoms. The van der Waals surface area contributed by atoms with E-state index in [1.165, 1.54) is 105 Å². The number of hydrogen-bond donors (Lipinski definition) is 0. The second-order valence-corrected chi connectivity index (χ2v) is 33.8. The highest BCUT2D eigenvalue weighted by Gasteiger charge is 2.40. The van der Waals surface area contributed by atoms with Gasteiger partial charge in [-0.1, -0.05) is 236 Å². The first-order chi connectivity index (χ1) is 56.6. The van der Waals surface area contributed by atoms with E-state index in [-0.39, 0.29) is 16.2 Å². The maximum Gasteiger partial charge on any atom is 0.179 e. The van der Waals surface area contributed by atoms with Crippen LogP contribution in [0.25, 0.3) is 209 Å². The molecule has 3 aliphatic carbocycles. The van der Waals surface area contributed by atoms with Crippen molar-refractivity contribution in [2.24, 2.45) is 0 Å². The summed E-state index contributed by atoms with van der Waals surface area (Å²) in [7, 11) is 0. The Bertz CT molecular complexity index is 7980. The molecule has 0 spiro atoms. The highest BCUT2D eigenvalue weighted by Crippen LogP contribution is 2.56. The van der Waals surface area contributed by atoms with Gasteiger partial charge in [-0.15, -0.1) is 11.3 Å². The fraction of sp³-hybridized carbons (Fsp3) is 0.0943. The molecular weight excluding hydrogens is 1440 g/mol. The molecule has 0 radical (unpaired) electrons. The van der Waals surface area contributed by atoms with Gasteiger partial charge in [-0.3, -0.25) is 0 Å². The minimum absolute atomic E-state index is 0.0181. The van der Waals surface area contributed by atoms with Crippen LogP contribution in [0.1, 0.15) is 80.5 Å². The number of rotatable bonds is 5. The lowest BCUT2D eigenvalue weighted by molar-refractivity contribution is 0.620. The maximum atomic E-state index is 6.64. The number of aromatic nitrogens is 6. The van der Waals surface area contributed by atoms with Gasteiger partial charge in [0, 0.05) is 109 Å². The molecule has 0 saturated heterocycles. The first kappa shape index (κ1) is 67.6. The fourth-order valence-electron chi connectivity index (χ4n) is 19.2. The summed E-state index contributed by atoms with van der Waals surface area (Å²) in [5.74, 6) is 1.24. The summed E-state index contributed by atoms with van der Waals surface area (Å²) in [6.45, 7) is 16.0. The Balaban J connectivity index is 0.000000104. The van der Waals surface area contributed by atoms with Crippen molar-refractivity contribution in [3.05, 3.63) is 348 Å². The lowest BCUT2D eigenvalue weighted by atomic mass is 9.81. The average molecular weight is 1510 g/mol. The summed E-state index contributed by atoms with van der Waals surface area (Å²) < 4.78 is 20.5.